The van der Waals surface area contributed by atoms with Crippen LogP contribution in [-0.4, -0.2) is 14.3 Å². The average molecular weight is 370 g/mol. The highest BCUT2D eigenvalue weighted by Crippen LogP contribution is 2.19. The number of amides is 1. The quantitative estimate of drug-likeness (QED) is 0.716. The third-order valence-corrected chi connectivity index (χ3v) is 4.96. The van der Waals surface area contributed by atoms with Crippen LogP contribution in [0.2, 0.25) is 0 Å². The second kappa shape index (κ2) is 7.37. The molecule has 0 aromatic heterocycles. The molecule has 0 aliphatic carbocycles. The summed E-state index contributed by atoms with van der Waals surface area (Å²) in [6.07, 6.45) is 0. The van der Waals surface area contributed by atoms with Crippen LogP contribution in [0.25, 0.3) is 0 Å². The van der Waals surface area contributed by atoms with E-state index in [0.29, 0.717) is 11.3 Å². The van der Waals surface area contributed by atoms with Crippen molar-refractivity contribution in [2.75, 3.05) is 10.0 Å². The predicted octanol–water partition coefficient (Wildman–Crippen LogP) is 3.88. The molecule has 0 aliphatic rings. The molecule has 132 valence electrons. The SMILES string of the molecule is O=C(Nc1ccccc1)c1ccc(S(=O)(=O)Nc2ccccc2F)cc1. The van der Waals surface area contributed by atoms with Crippen molar-refractivity contribution in [3.8, 4) is 0 Å². The summed E-state index contributed by atoms with van der Waals surface area (Å²) >= 11 is 0. The molecule has 0 atom stereocenters. The number of carbonyl (C=O) groups excluding carboxylic acids is 1. The number of nitrogens with one attached hydrogen (secondary N) is 2. The van der Waals surface area contributed by atoms with Gasteiger partial charge in [0, 0.05) is 11.3 Å². The second-order valence-corrected chi connectivity index (χ2v) is 7.11. The lowest BCUT2D eigenvalue weighted by Gasteiger charge is -2.10. The number of hydrogen-bond acceptors (Lipinski definition) is 3. The Morgan fingerprint density at radius 3 is 2.08 bits per heavy atom. The van der Waals surface area contributed by atoms with Gasteiger partial charge < -0.3 is 5.32 Å². The highest BCUT2D eigenvalue weighted by molar-refractivity contribution is 7.92. The van der Waals surface area contributed by atoms with Crippen molar-refractivity contribution in [3.05, 3.63) is 90.2 Å². The standard InChI is InChI=1S/C19H15FN2O3S/c20-17-8-4-5-9-18(17)22-26(24,25)16-12-10-14(11-13-16)19(23)21-15-6-2-1-3-7-15/h1-13,22H,(H,21,23). The molecule has 0 unspecified atom stereocenters. The van der Waals surface area contributed by atoms with Gasteiger partial charge in [0.05, 0.1) is 10.6 Å². The van der Waals surface area contributed by atoms with Gasteiger partial charge >= 0.3 is 0 Å². The molecule has 0 aliphatic heterocycles. The fraction of sp³-hybridized carbons (Fsp3) is 0. The molecule has 7 heteroatoms. The maximum atomic E-state index is 13.6. The van der Waals surface area contributed by atoms with Crippen LogP contribution in [0.3, 0.4) is 0 Å². The first-order valence-electron chi connectivity index (χ1n) is 7.69. The molecule has 3 aromatic rings. The molecule has 2 N–H and O–H groups in total. The molecule has 5 nitrogen and oxygen atoms in total. The lowest BCUT2D eigenvalue weighted by Crippen LogP contribution is -2.15. The minimum atomic E-state index is -3.96. The summed E-state index contributed by atoms with van der Waals surface area (Å²) in [6, 6.07) is 19.8. The normalized spacial score (nSPS) is 11.0. The van der Waals surface area contributed by atoms with Gasteiger partial charge in [0.25, 0.3) is 15.9 Å². The number of anilines is 2. The Labute approximate surface area is 150 Å². The summed E-state index contributed by atoms with van der Waals surface area (Å²) in [5.41, 5.74) is 0.799. The number of rotatable bonds is 5. The lowest BCUT2D eigenvalue weighted by molar-refractivity contribution is 0.102. The summed E-state index contributed by atoms with van der Waals surface area (Å²) in [4.78, 5) is 12.1. The Balaban J connectivity index is 1.76. The second-order valence-electron chi connectivity index (χ2n) is 5.43. The van der Waals surface area contributed by atoms with Crippen LogP contribution < -0.4 is 10.0 Å². The van der Waals surface area contributed by atoms with Crippen molar-refractivity contribution in [3.63, 3.8) is 0 Å². The number of sulfonamides is 1. The molecular weight excluding hydrogens is 355 g/mol. The first kappa shape index (κ1) is 17.6. The molecular formula is C19H15FN2O3S. The third-order valence-electron chi connectivity index (χ3n) is 3.58. The van der Waals surface area contributed by atoms with Gasteiger partial charge in [0.1, 0.15) is 5.82 Å². The monoisotopic (exact) mass is 370 g/mol. The fourth-order valence-electron chi connectivity index (χ4n) is 2.26. The Hall–Kier alpha value is -3.19. The number of benzene rings is 3. The van der Waals surface area contributed by atoms with Gasteiger partial charge in [0.2, 0.25) is 0 Å². The molecule has 0 saturated carbocycles. The molecule has 0 fully saturated rings. The van der Waals surface area contributed by atoms with Gasteiger partial charge in [-0.3, -0.25) is 9.52 Å². The van der Waals surface area contributed by atoms with Crippen molar-refractivity contribution in [1.29, 1.82) is 0 Å². The summed E-state index contributed by atoms with van der Waals surface area (Å²) < 4.78 is 40.5. The Bertz CT molecular complexity index is 1020. The van der Waals surface area contributed by atoms with E-state index >= 15 is 0 Å². The van der Waals surface area contributed by atoms with E-state index in [9.17, 15) is 17.6 Å². The zero-order valence-corrected chi connectivity index (χ0v) is 14.3. The van der Waals surface area contributed by atoms with Gasteiger partial charge in [-0.2, -0.15) is 0 Å². The van der Waals surface area contributed by atoms with Gasteiger partial charge in [-0.25, -0.2) is 12.8 Å². The fourth-order valence-corrected chi connectivity index (χ4v) is 3.33. The Morgan fingerprint density at radius 1 is 0.808 bits per heavy atom. The highest BCUT2D eigenvalue weighted by Gasteiger charge is 2.17. The van der Waals surface area contributed by atoms with Gasteiger partial charge in [-0.05, 0) is 48.5 Å². The van der Waals surface area contributed by atoms with E-state index in [2.05, 4.69) is 10.0 Å². The molecule has 3 rings (SSSR count). The van der Waals surface area contributed by atoms with Crippen LogP contribution in [0.5, 0.6) is 0 Å². The molecule has 0 bridgehead atoms. The van der Waals surface area contributed by atoms with E-state index in [-0.39, 0.29) is 16.5 Å². The zero-order valence-electron chi connectivity index (χ0n) is 13.5. The van der Waals surface area contributed by atoms with Crippen LogP contribution in [0, 0.1) is 5.82 Å². The van der Waals surface area contributed by atoms with Crippen molar-refractivity contribution in [2.24, 2.45) is 0 Å². The van der Waals surface area contributed by atoms with Crippen LogP contribution in [0.1, 0.15) is 10.4 Å². The first-order chi connectivity index (χ1) is 12.5. The minimum absolute atomic E-state index is 0.0722. The van der Waals surface area contributed by atoms with E-state index in [4.69, 9.17) is 0 Å². The van der Waals surface area contributed by atoms with Crippen LogP contribution in [0.4, 0.5) is 15.8 Å². The van der Waals surface area contributed by atoms with E-state index in [1.807, 2.05) is 6.07 Å². The topological polar surface area (TPSA) is 75.3 Å². The van der Waals surface area contributed by atoms with Crippen molar-refractivity contribution in [1.82, 2.24) is 0 Å². The average Bonchev–Trinajstić information content (AvgIpc) is 2.64. The maximum absolute atomic E-state index is 13.6. The third kappa shape index (κ3) is 4.07. The van der Waals surface area contributed by atoms with E-state index in [1.54, 1.807) is 24.3 Å². The van der Waals surface area contributed by atoms with Gasteiger partial charge in [-0.15, -0.1) is 0 Å². The number of hydrogen-bond donors (Lipinski definition) is 2. The van der Waals surface area contributed by atoms with Crippen LogP contribution in [-0.2, 0) is 10.0 Å². The summed E-state index contributed by atoms with van der Waals surface area (Å²) in [6.45, 7) is 0. The van der Waals surface area contributed by atoms with Crippen molar-refractivity contribution in [2.45, 2.75) is 4.90 Å². The predicted molar refractivity (Wildman–Crippen MR) is 98.0 cm³/mol. The summed E-state index contributed by atoms with van der Waals surface area (Å²) in [5.74, 6) is -1.03. The highest BCUT2D eigenvalue weighted by atomic mass is 32.2. The summed E-state index contributed by atoms with van der Waals surface area (Å²) in [7, 11) is -3.96. The summed E-state index contributed by atoms with van der Waals surface area (Å²) in [5, 5.41) is 2.71. The molecule has 0 spiro atoms. The van der Waals surface area contributed by atoms with Crippen LogP contribution >= 0.6 is 0 Å². The largest absolute Gasteiger partial charge is 0.322 e. The Kier molecular flexibility index (Phi) is 4.99. The van der Waals surface area contributed by atoms with Crippen LogP contribution in [0.15, 0.2) is 83.8 Å². The molecule has 3 aromatic carbocycles. The minimum Gasteiger partial charge on any atom is -0.322 e. The first-order valence-corrected chi connectivity index (χ1v) is 9.18. The molecule has 26 heavy (non-hydrogen) atoms. The van der Waals surface area contributed by atoms with E-state index in [0.717, 1.165) is 6.07 Å². The van der Waals surface area contributed by atoms with E-state index in [1.165, 1.54) is 42.5 Å². The number of halogens is 1. The zero-order chi connectivity index (χ0) is 18.6. The smallest absolute Gasteiger partial charge is 0.261 e. The lowest BCUT2D eigenvalue weighted by atomic mass is 10.2. The van der Waals surface area contributed by atoms with Gasteiger partial charge in [0.15, 0.2) is 0 Å². The molecule has 0 radical (unpaired) electrons. The molecule has 0 saturated heterocycles. The number of para-hydroxylation sites is 2. The Morgan fingerprint density at radius 2 is 1.42 bits per heavy atom. The van der Waals surface area contributed by atoms with E-state index < -0.39 is 15.8 Å². The number of carbonyl (C=O) groups is 1. The maximum Gasteiger partial charge on any atom is 0.261 e. The molecule has 0 heterocycles. The van der Waals surface area contributed by atoms with Crippen molar-refractivity contribution >= 4 is 27.3 Å². The van der Waals surface area contributed by atoms with Crippen molar-refractivity contribution < 1.29 is 17.6 Å². The molecule has 1 amide bonds. The van der Waals surface area contributed by atoms with Gasteiger partial charge in [-0.1, -0.05) is 30.3 Å².